The Morgan fingerprint density at radius 2 is 1.96 bits per heavy atom. The van der Waals surface area contributed by atoms with Crippen LogP contribution in [0.1, 0.15) is 17.1 Å². The Kier molecular flexibility index (Phi) is 4.43. The van der Waals surface area contributed by atoms with Crippen molar-refractivity contribution in [3.05, 3.63) is 50.3 Å². The molecule has 0 bridgehead atoms. The van der Waals surface area contributed by atoms with E-state index in [-0.39, 0.29) is 18.5 Å². The number of aryl methyl sites for hydroxylation is 2. The van der Waals surface area contributed by atoms with E-state index in [4.69, 9.17) is 17.3 Å². The number of carbonyl (C=O) groups excluding carboxylic acids is 1. The SMILES string of the molecule is Cc1sc2nc(C)n(CCC(N)=O)c(=O)c2c1-c1ccc(Cl)cc1. The van der Waals surface area contributed by atoms with Gasteiger partial charge in [-0.05, 0) is 31.5 Å². The topological polar surface area (TPSA) is 78.0 Å². The number of aromatic nitrogens is 2. The maximum atomic E-state index is 13.0. The van der Waals surface area contributed by atoms with E-state index < -0.39 is 5.91 Å². The van der Waals surface area contributed by atoms with Gasteiger partial charge in [0.1, 0.15) is 10.7 Å². The Morgan fingerprint density at radius 3 is 2.58 bits per heavy atom. The van der Waals surface area contributed by atoms with Gasteiger partial charge >= 0.3 is 0 Å². The summed E-state index contributed by atoms with van der Waals surface area (Å²) in [7, 11) is 0. The van der Waals surface area contributed by atoms with Crippen LogP contribution in [0.25, 0.3) is 21.3 Å². The minimum absolute atomic E-state index is 0.104. The first-order chi connectivity index (χ1) is 11.4. The third kappa shape index (κ3) is 2.95. The number of nitrogens with zero attached hydrogens (tertiary/aromatic N) is 2. The third-order valence-corrected chi connectivity index (χ3v) is 5.14. The van der Waals surface area contributed by atoms with Crippen molar-refractivity contribution in [2.75, 3.05) is 0 Å². The summed E-state index contributed by atoms with van der Waals surface area (Å²) in [6.45, 7) is 3.97. The minimum Gasteiger partial charge on any atom is -0.370 e. The van der Waals surface area contributed by atoms with E-state index in [2.05, 4.69) is 4.98 Å². The Labute approximate surface area is 147 Å². The smallest absolute Gasteiger partial charge is 0.262 e. The van der Waals surface area contributed by atoms with Crippen LogP contribution in [-0.4, -0.2) is 15.5 Å². The van der Waals surface area contributed by atoms with Gasteiger partial charge < -0.3 is 5.73 Å². The van der Waals surface area contributed by atoms with Crippen LogP contribution in [-0.2, 0) is 11.3 Å². The first-order valence-corrected chi connectivity index (χ1v) is 8.62. The van der Waals surface area contributed by atoms with Crippen molar-refractivity contribution in [1.29, 1.82) is 0 Å². The van der Waals surface area contributed by atoms with E-state index in [1.54, 1.807) is 19.1 Å². The van der Waals surface area contributed by atoms with Gasteiger partial charge in [-0.3, -0.25) is 14.2 Å². The molecule has 0 atom stereocenters. The number of thiophene rings is 1. The monoisotopic (exact) mass is 361 g/mol. The first kappa shape index (κ1) is 16.7. The molecule has 0 unspecified atom stereocenters. The standard InChI is InChI=1S/C17H16ClN3O2S/c1-9-14(11-3-5-12(18)6-4-11)15-16(24-9)20-10(2)21(17(15)23)8-7-13(19)22/h3-6H,7-8H2,1-2H3,(H2,19,22). The number of nitrogens with two attached hydrogens (primary N) is 1. The molecule has 0 saturated carbocycles. The Balaban J connectivity index is 2.25. The molecule has 1 amide bonds. The Hall–Kier alpha value is -2.18. The number of benzene rings is 1. The summed E-state index contributed by atoms with van der Waals surface area (Å²) in [6.07, 6.45) is 0.104. The van der Waals surface area contributed by atoms with Gasteiger partial charge in [0.05, 0.1) is 5.39 Å². The number of rotatable bonds is 4. The van der Waals surface area contributed by atoms with Crippen molar-refractivity contribution in [2.45, 2.75) is 26.8 Å². The van der Waals surface area contributed by atoms with Gasteiger partial charge in [-0.25, -0.2) is 4.98 Å². The summed E-state index contributed by atoms with van der Waals surface area (Å²) in [5, 5.41) is 1.22. The summed E-state index contributed by atoms with van der Waals surface area (Å²) < 4.78 is 1.51. The van der Waals surface area contributed by atoms with E-state index >= 15 is 0 Å². The highest BCUT2D eigenvalue weighted by molar-refractivity contribution is 7.19. The lowest BCUT2D eigenvalue weighted by Crippen LogP contribution is -2.26. The first-order valence-electron chi connectivity index (χ1n) is 7.43. The van der Waals surface area contributed by atoms with Crippen molar-refractivity contribution in [2.24, 2.45) is 5.73 Å². The molecule has 7 heteroatoms. The van der Waals surface area contributed by atoms with Crippen molar-refractivity contribution >= 4 is 39.1 Å². The molecule has 0 fully saturated rings. The molecule has 3 aromatic rings. The van der Waals surface area contributed by atoms with Crippen LogP contribution >= 0.6 is 22.9 Å². The van der Waals surface area contributed by atoms with E-state index in [9.17, 15) is 9.59 Å². The zero-order valence-electron chi connectivity index (χ0n) is 13.3. The van der Waals surface area contributed by atoms with Crippen molar-refractivity contribution < 1.29 is 4.79 Å². The van der Waals surface area contributed by atoms with Crippen molar-refractivity contribution in [3.8, 4) is 11.1 Å². The van der Waals surface area contributed by atoms with Crippen molar-refractivity contribution in [3.63, 3.8) is 0 Å². The van der Waals surface area contributed by atoms with Crippen LogP contribution < -0.4 is 11.3 Å². The van der Waals surface area contributed by atoms with E-state index in [1.807, 2.05) is 19.1 Å². The second-order valence-corrected chi connectivity index (χ2v) is 7.19. The van der Waals surface area contributed by atoms with E-state index in [0.717, 1.165) is 16.0 Å². The maximum absolute atomic E-state index is 13.0. The summed E-state index contributed by atoms with van der Waals surface area (Å²) in [5.41, 5.74) is 6.86. The highest BCUT2D eigenvalue weighted by Crippen LogP contribution is 2.36. The van der Waals surface area contributed by atoms with Gasteiger partial charge in [0.2, 0.25) is 5.91 Å². The summed E-state index contributed by atoms with van der Waals surface area (Å²) >= 11 is 7.45. The van der Waals surface area contributed by atoms with Gasteiger partial charge in [0.15, 0.2) is 0 Å². The predicted octanol–water partition coefficient (Wildman–Crippen LogP) is 3.27. The molecule has 124 valence electrons. The molecule has 5 nitrogen and oxygen atoms in total. The number of fused-ring (bicyclic) bond motifs is 1. The lowest BCUT2D eigenvalue weighted by Gasteiger charge is -2.09. The highest BCUT2D eigenvalue weighted by Gasteiger charge is 2.18. The fourth-order valence-electron chi connectivity index (χ4n) is 2.75. The molecule has 2 aromatic heterocycles. The fraction of sp³-hybridized carbons (Fsp3) is 0.235. The van der Waals surface area contributed by atoms with Gasteiger partial charge in [-0.2, -0.15) is 0 Å². The van der Waals surface area contributed by atoms with Crippen LogP contribution in [0.15, 0.2) is 29.1 Å². The molecule has 0 radical (unpaired) electrons. The lowest BCUT2D eigenvalue weighted by atomic mass is 10.0. The summed E-state index contributed by atoms with van der Waals surface area (Å²) in [4.78, 5) is 30.3. The summed E-state index contributed by atoms with van der Waals surface area (Å²) in [6, 6.07) is 7.38. The van der Waals surface area contributed by atoms with E-state index in [1.165, 1.54) is 15.9 Å². The van der Waals surface area contributed by atoms with Crippen molar-refractivity contribution in [1.82, 2.24) is 9.55 Å². The van der Waals surface area contributed by atoms with Crippen LogP contribution in [0.2, 0.25) is 5.02 Å². The number of halogens is 1. The molecular weight excluding hydrogens is 346 g/mol. The van der Waals surface area contributed by atoms with Crippen LogP contribution in [0.4, 0.5) is 0 Å². The molecule has 1 aromatic carbocycles. The van der Waals surface area contributed by atoms with Gasteiger partial charge in [-0.15, -0.1) is 11.3 Å². The molecule has 0 aliphatic heterocycles. The maximum Gasteiger partial charge on any atom is 0.262 e. The van der Waals surface area contributed by atoms with Gasteiger partial charge in [0, 0.05) is 28.4 Å². The fourth-order valence-corrected chi connectivity index (χ4v) is 3.95. The zero-order chi connectivity index (χ0) is 17.4. The number of primary amides is 1. The largest absolute Gasteiger partial charge is 0.370 e. The summed E-state index contributed by atoms with van der Waals surface area (Å²) in [5.74, 6) is 0.137. The quantitative estimate of drug-likeness (QED) is 0.774. The van der Waals surface area contributed by atoms with Gasteiger partial charge in [-0.1, -0.05) is 23.7 Å². The van der Waals surface area contributed by atoms with Gasteiger partial charge in [0.25, 0.3) is 5.56 Å². The molecule has 3 rings (SSSR count). The van der Waals surface area contributed by atoms with Crippen LogP contribution in [0.3, 0.4) is 0 Å². The number of amides is 1. The van der Waals surface area contributed by atoms with Crippen LogP contribution in [0.5, 0.6) is 0 Å². The second kappa shape index (κ2) is 6.37. The normalized spacial score (nSPS) is 11.1. The molecule has 0 spiro atoms. The van der Waals surface area contributed by atoms with Crippen LogP contribution in [0, 0.1) is 13.8 Å². The third-order valence-electron chi connectivity index (χ3n) is 3.89. The molecular formula is C17H16ClN3O2S. The highest BCUT2D eigenvalue weighted by atomic mass is 35.5. The molecule has 2 N–H and O–H groups in total. The second-order valence-electron chi connectivity index (χ2n) is 5.55. The average molecular weight is 362 g/mol. The number of hydrogen-bond acceptors (Lipinski definition) is 4. The Bertz CT molecular complexity index is 990. The molecule has 2 heterocycles. The zero-order valence-corrected chi connectivity index (χ0v) is 14.9. The lowest BCUT2D eigenvalue weighted by molar-refractivity contribution is -0.118. The average Bonchev–Trinajstić information content (AvgIpc) is 2.83. The van der Waals surface area contributed by atoms with E-state index in [0.29, 0.717) is 21.1 Å². The molecule has 0 aliphatic carbocycles. The molecule has 0 aliphatic rings. The predicted molar refractivity (Wildman–Crippen MR) is 97.6 cm³/mol. The molecule has 24 heavy (non-hydrogen) atoms. The Morgan fingerprint density at radius 1 is 1.29 bits per heavy atom. The molecule has 0 saturated heterocycles. The number of carbonyl (C=O) groups is 1. The minimum atomic E-state index is -0.444. The number of hydrogen-bond donors (Lipinski definition) is 1.